The first-order valence-electron chi connectivity index (χ1n) is 28.1. The molecule has 5 amide bonds. The summed E-state index contributed by atoms with van der Waals surface area (Å²) in [5, 5.41) is 11.0. The lowest BCUT2D eigenvalue weighted by molar-refractivity contribution is -0.178. The summed E-state index contributed by atoms with van der Waals surface area (Å²) in [5.41, 5.74) is 0.752. The van der Waals surface area contributed by atoms with Crippen molar-refractivity contribution < 1.29 is 37.5 Å². The fourth-order valence-electron chi connectivity index (χ4n) is 13.7. The normalized spacial score (nSPS) is 24.6. The third-order valence-electron chi connectivity index (χ3n) is 18.4. The monoisotopic (exact) mass is 1040 g/mol. The van der Waals surface area contributed by atoms with Gasteiger partial charge in [0.25, 0.3) is 17.4 Å². The maximum Gasteiger partial charge on any atom is 0.272 e. The number of amides is 5. The van der Waals surface area contributed by atoms with E-state index in [2.05, 4.69) is 27.3 Å². The van der Waals surface area contributed by atoms with Crippen LogP contribution in [0.25, 0.3) is 10.8 Å². The summed E-state index contributed by atoms with van der Waals surface area (Å²) in [6, 6.07) is 15.8. The van der Waals surface area contributed by atoms with Crippen LogP contribution in [-0.4, -0.2) is 154 Å². The van der Waals surface area contributed by atoms with Gasteiger partial charge in [-0.05, 0) is 125 Å². The minimum absolute atomic E-state index is 0.00414. The number of fused-ring (bicyclic) bond motifs is 1. The number of halogens is 2. The van der Waals surface area contributed by atoms with E-state index in [1.807, 2.05) is 21.9 Å². The largest absolute Gasteiger partial charge is 0.372 e. The van der Waals surface area contributed by atoms with E-state index in [0.29, 0.717) is 105 Å². The Hall–Kier alpha value is -6.07. The summed E-state index contributed by atoms with van der Waals surface area (Å²) < 4.78 is 38.4. The highest BCUT2D eigenvalue weighted by Crippen LogP contribution is 2.65. The van der Waals surface area contributed by atoms with E-state index in [-0.39, 0.29) is 77.4 Å². The molecule has 4 saturated heterocycles. The van der Waals surface area contributed by atoms with E-state index < -0.39 is 35.1 Å². The maximum absolute atomic E-state index is 16.5. The number of piperidine rings is 3. The zero-order chi connectivity index (χ0) is 52.7. The topological polar surface area (TPSA) is 169 Å². The molecule has 76 heavy (non-hydrogen) atoms. The number of aromatic nitrogens is 2. The number of H-pyrrole nitrogens is 1. The molecule has 0 spiro atoms. The predicted molar refractivity (Wildman–Crippen MR) is 281 cm³/mol. The van der Waals surface area contributed by atoms with E-state index in [1.54, 1.807) is 46.2 Å². The number of hydrogen-bond acceptors (Lipinski definition) is 9. The molecule has 4 aliphatic heterocycles. The molecule has 15 nitrogen and oxygen atoms in total. The van der Waals surface area contributed by atoms with E-state index in [1.165, 1.54) is 12.1 Å². The van der Waals surface area contributed by atoms with Crippen molar-refractivity contribution in [1.29, 1.82) is 0 Å². The lowest BCUT2D eigenvalue weighted by atomic mass is 9.44. The fraction of sp³-hybridized carbons (Fsp3) is 0.576. The third-order valence-corrected chi connectivity index (χ3v) is 18.4. The second kappa shape index (κ2) is 21.8. The van der Waals surface area contributed by atoms with Crippen LogP contribution in [0.5, 0.6) is 0 Å². The number of carbonyl (C=O) groups is 5. The van der Waals surface area contributed by atoms with Crippen LogP contribution in [0.15, 0.2) is 65.5 Å². The van der Waals surface area contributed by atoms with Crippen molar-refractivity contribution in [3.8, 4) is 0 Å². The van der Waals surface area contributed by atoms with Crippen LogP contribution in [0, 0.1) is 28.9 Å². The highest BCUT2D eigenvalue weighted by molar-refractivity contribution is 5.98. The lowest BCUT2D eigenvalue weighted by Crippen LogP contribution is -2.62. The standard InChI is InChI=1S/C59H72F2N8O7/c1-58(76-42-18-23-65(24-19-42)37-50(70)66-27-29-68(30-28-66)55(73)47-31-38(16-17-48(47)60)32-49-44-12-5-6-13-45(44)54(72)64-63-49)20-25-67(26-21-58)56(74)52(40-9-3-2-4-10-40)62-53(71)46-15-7-14-43(51(46)61)41-11-8-22-69(36-41)57(75)59-33-39(34-59)35-59/h5-7,12-17,31,39-42,52H,2-4,8-11,18-30,32-37H2,1H3,(H,62,71)(H,64,72)/t39?,41?,52-,59?/m1/s1. The van der Waals surface area contributed by atoms with Gasteiger partial charge in [0, 0.05) is 83.2 Å². The number of benzene rings is 3. The number of piperazine rings is 1. The van der Waals surface area contributed by atoms with Gasteiger partial charge in [-0.15, -0.1) is 0 Å². The second-order valence-corrected chi connectivity index (χ2v) is 23.5. The van der Waals surface area contributed by atoms with Crippen LogP contribution >= 0.6 is 0 Å². The van der Waals surface area contributed by atoms with Crippen molar-refractivity contribution in [2.24, 2.45) is 17.3 Å². The van der Waals surface area contributed by atoms with Crippen LogP contribution in [0.1, 0.15) is 140 Å². The fourth-order valence-corrected chi connectivity index (χ4v) is 13.7. The van der Waals surface area contributed by atoms with E-state index in [4.69, 9.17) is 4.74 Å². The maximum atomic E-state index is 16.5. The number of rotatable bonds is 13. The summed E-state index contributed by atoms with van der Waals surface area (Å²) in [6.45, 7) is 7.16. The molecule has 8 fully saturated rings. The molecule has 0 radical (unpaired) electrons. The average Bonchev–Trinajstić information content (AvgIpc) is 3.51. The first-order valence-corrected chi connectivity index (χ1v) is 28.1. The molecule has 12 rings (SSSR count). The SMILES string of the molecule is CC1(OC2CCN(CC(=O)N3CCN(C(=O)c4cc(Cc5n[nH]c(=O)c6ccccc56)ccc4F)CC3)CC2)CCN(C(=O)[C@H](NC(=O)c2cccc(C3CCCN(C(=O)C45CC(C4)C5)C3)c2F)C2CCCCC2)CC1. The molecule has 4 saturated carbocycles. The molecule has 3 aromatic carbocycles. The molecule has 404 valence electrons. The van der Waals surface area contributed by atoms with Crippen molar-refractivity contribution >= 4 is 40.3 Å². The van der Waals surface area contributed by atoms with E-state index in [9.17, 15) is 28.8 Å². The van der Waals surface area contributed by atoms with Gasteiger partial charge in [-0.1, -0.05) is 55.7 Å². The molecular weight excluding hydrogens is 971 g/mol. The van der Waals surface area contributed by atoms with Crippen LogP contribution in [0.2, 0.25) is 0 Å². The zero-order valence-corrected chi connectivity index (χ0v) is 43.8. The molecule has 2 bridgehead atoms. The zero-order valence-electron chi connectivity index (χ0n) is 43.8. The Balaban J connectivity index is 0.633. The molecule has 1 unspecified atom stereocenters. The average molecular weight is 1040 g/mol. The third kappa shape index (κ3) is 10.7. The first-order chi connectivity index (χ1) is 36.7. The van der Waals surface area contributed by atoms with Crippen molar-refractivity contribution in [3.63, 3.8) is 0 Å². The number of ether oxygens (including phenoxy) is 1. The van der Waals surface area contributed by atoms with Crippen molar-refractivity contribution in [2.45, 2.75) is 127 Å². The highest BCUT2D eigenvalue weighted by Gasteiger charge is 2.62. The Kier molecular flexibility index (Phi) is 14.9. The van der Waals surface area contributed by atoms with Gasteiger partial charge in [0.05, 0.1) is 45.9 Å². The minimum Gasteiger partial charge on any atom is -0.372 e. The van der Waals surface area contributed by atoms with Gasteiger partial charge in [-0.25, -0.2) is 13.9 Å². The van der Waals surface area contributed by atoms with Crippen LogP contribution in [0.4, 0.5) is 8.78 Å². The molecule has 2 atom stereocenters. The van der Waals surface area contributed by atoms with Gasteiger partial charge in [0.1, 0.15) is 17.7 Å². The van der Waals surface area contributed by atoms with Crippen LogP contribution in [0.3, 0.4) is 0 Å². The predicted octanol–water partition coefficient (Wildman–Crippen LogP) is 6.82. The molecule has 8 aliphatic rings. The first kappa shape index (κ1) is 52.0. The number of nitrogens with zero attached hydrogens (tertiary/aromatic N) is 6. The van der Waals surface area contributed by atoms with Crippen molar-refractivity contribution in [1.82, 2.24) is 40.0 Å². The Morgan fingerprint density at radius 1 is 0.750 bits per heavy atom. The summed E-state index contributed by atoms with van der Waals surface area (Å²) in [5.74, 6) is -1.62. The number of hydrogen-bond donors (Lipinski definition) is 2. The Morgan fingerprint density at radius 3 is 2.17 bits per heavy atom. The number of carbonyl (C=O) groups excluding carboxylic acids is 5. The summed E-state index contributed by atoms with van der Waals surface area (Å²) >= 11 is 0. The molecule has 4 aromatic rings. The molecule has 2 N–H and O–H groups in total. The Morgan fingerprint density at radius 2 is 1.46 bits per heavy atom. The van der Waals surface area contributed by atoms with Gasteiger partial charge in [-0.3, -0.25) is 33.7 Å². The molecule has 4 aliphatic carbocycles. The summed E-state index contributed by atoms with van der Waals surface area (Å²) in [7, 11) is 0. The molecule has 17 heteroatoms. The minimum atomic E-state index is -0.760. The molecular formula is C59H72F2N8O7. The smallest absolute Gasteiger partial charge is 0.272 e. The Labute approximate surface area is 443 Å². The second-order valence-electron chi connectivity index (χ2n) is 23.5. The lowest BCUT2D eigenvalue weighted by Gasteiger charge is -2.61. The number of aromatic amines is 1. The van der Waals surface area contributed by atoms with Gasteiger partial charge < -0.3 is 29.7 Å². The molecule has 1 aromatic heterocycles. The Bertz CT molecular complexity index is 2900. The van der Waals surface area contributed by atoms with E-state index >= 15 is 8.78 Å². The van der Waals surface area contributed by atoms with Crippen LogP contribution < -0.4 is 10.9 Å². The summed E-state index contributed by atoms with van der Waals surface area (Å²) in [4.78, 5) is 90.8. The number of nitrogens with one attached hydrogen (secondary N) is 2. The van der Waals surface area contributed by atoms with Gasteiger partial charge in [0.2, 0.25) is 17.7 Å². The molecule has 5 heterocycles. The van der Waals surface area contributed by atoms with Crippen LogP contribution in [-0.2, 0) is 25.5 Å². The van der Waals surface area contributed by atoms with Crippen molar-refractivity contribution in [3.05, 3.63) is 111 Å². The van der Waals surface area contributed by atoms with Gasteiger partial charge in [0.15, 0.2) is 0 Å². The quantitative estimate of drug-likeness (QED) is 0.146. The van der Waals surface area contributed by atoms with E-state index in [0.717, 1.165) is 77.0 Å². The van der Waals surface area contributed by atoms with Gasteiger partial charge in [-0.2, -0.15) is 5.10 Å². The van der Waals surface area contributed by atoms with Crippen molar-refractivity contribution in [2.75, 3.05) is 72.0 Å². The number of likely N-dealkylation sites (tertiary alicyclic amines) is 3. The highest BCUT2D eigenvalue weighted by atomic mass is 19.1. The van der Waals surface area contributed by atoms with Gasteiger partial charge >= 0.3 is 0 Å². The summed E-state index contributed by atoms with van der Waals surface area (Å²) in [6.07, 6.45) is 12.3.